The van der Waals surface area contributed by atoms with Gasteiger partial charge in [-0.05, 0) is 92.5 Å². The molecule has 2 aliphatic rings. The van der Waals surface area contributed by atoms with E-state index in [2.05, 4.69) is 172 Å². The molecule has 10 rings (SSSR count). The maximum Gasteiger partial charge on any atom is 0.135 e. The monoisotopic (exact) mass is 643 g/mol. The Morgan fingerprint density at radius 1 is 0.420 bits per heavy atom. The van der Waals surface area contributed by atoms with Gasteiger partial charge in [-0.1, -0.05) is 137 Å². The maximum absolute atomic E-state index is 6.24. The SMILES string of the molecule is CC1(C)c2ccccc2-c2cc(N(c3ccccc3-c3ccc4oc5ccccc5c4c3)c3cccc4c3C(C)(C)c3ccccc3-4)ccc21. The van der Waals surface area contributed by atoms with Crippen LogP contribution in [0, 0.1) is 0 Å². The molecule has 7 aromatic carbocycles. The number of furan rings is 1. The quantitative estimate of drug-likeness (QED) is 0.190. The second kappa shape index (κ2) is 10.3. The molecule has 8 aromatic rings. The molecule has 0 unspecified atom stereocenters. The van der Waals surface area contributed by atoms with Crippen molar-refractivity contribution in [2.75, 3.05) is 4.90 Å². The fraction of sp³-hybridized carbons (Fsp3) is 0.125. The smallest absolute Gasteiger partial charge is 0.135 e. The average Bonchev–Trinajstić information content (AvgIpc) is 3.72. The van der Waals surface area contributed by atoms with Crippen LogP contribution in [0.4, 0.5) is 17.1 Å². The number of anilines is 3. The van der Waals surface area contributed by atoms with E-state index >= 15 is 0 Å². The van der Waals surface area contributed by atoms with Gasteiger partial charge in [0, 0.05) is 32.9 Å². The van der Waals surface area contributed by atoms with Crippen LogP contribution in [0.5, 0.6) is 0 Å². The van der Waals surface area contributed by atoms with E-state index < -0.39 is 0 Å². The minimum absolute atomic E-state index is 0.0619. The van der Waals surface area contributed by atoms with Gasteiger partial charge in [-0.2, -0.15) is 0 Å². The molecule has 0 aliphatic heterocycles. The highest BCUT2D eigenvalue weighted by atomic mass is 16.3. The van der Waals surface area contributed by atoms with E-state index in [1.165, 1.54) is 55.8 Å². The number of para-hydroxylation sites is 2. The first-order valence-corrected chi connectivity index (χ1v) is 17.6. The Morgan fingerprint density at radius 3 is 1.84 bits per heavy atom. The average molecular weight is 644 g/mol. The molecule has 240 valence electrons. The molecule has 0 radical (unpaired) electrons. The predicted octanol–water partition coefficient (Wildman–Crippen LogP) is 13.3. The van der Waals surface area contributed by atoms with Crippen LogP contribution in [0.25, 0.3) is 55.3 Å². The van der Waals surface area contributed by atoms with E-state index in [1.807, 2.05) is 12.1 Å². The number of rotatable bonds is 4. The minimum atomic E-state index is -0.185. The zero-order chi connectivity index (χ0) is 33.8. The van der Waals surface area contributed by atoms with Crippen molar-refractivity contribution in [2.24, 2.45) is 0 Å². The van der Waals surface area contributed by atoms with E-state index in [0.29, 0.717) is 0 Å². The van der Waals surface area contributed by atoms with Gasteiger partial charge in [0.05, 0.1) is 11.4 Å². The van der Waals surface area contributed by atoms with Crippen LogP contribution < -0.4 is 4.90 Å². The molecule has 0 atom stereocenters. The lowest BCUT2D eigenvalue weighted by Gasteiger charge is -2.34. The van der Waals surface area contributed by atoms with Crippen LogP contribution >= 0.6 is 0 Å². The summed E-state index contributed by atoms with van der Waals surface area (Å²) in [6.07, 6.45) is 0. The third-order valence-electron chi connectivity index (χ3n) is 11.5. The maximum atomic E-state index is 6.24. The number of nitrogens with zero attached hydrogens (tertiary/aromatic N) is 1. The molecule has 0 amide bonds. The third kappa shape index (κ3) is 3.96. The van der Waals surface area contributed by atoms with Crippen molar-refractivity contribution in [2.45, 2.75) is 38.5 Å². The van der Waals surface area contributed by atoms with E-state index in [0.717, 1.165) is 38.9 Å². The first-order valence-electron chi connectivity index (χ1n) is 17.6. The van der Waals surface area contributed by atoms with Gasteiger partial charge in [-0.25, -0.2) is 0 Å². The van der Waals surface area contributed by atoms with Gasteiger partial charge in [0.25, 0.3) is 0 Å². The van der Waals surface area contributed by atoms with Crippen LogP contribution in [-0.4, -0.2) is 0 Å². The fourth-order valence-electron chi connectivity index (χ4n) is 9.07. The zero-order valence-corrected chi connectivity index (χ0v) is 28.8. The zero-order valence-electron chi connectivity index (χ0n) is 28.8. The molecule has 0 saturated carbocycles. The Hall–Kier alpha value is -5.86. The van der Waals surface area contributed by atoms with E-state index in [4.69, 9.17) is 4.42 Å². The Morgan fingerprint density at radius 2 is 1.02 bits per heavy atom. The van der Waals surface area contributed by atoms with Crippen LogP contribution in [-0.2, 0) is 10.8 Å². The van der Waals surface area contributed by atoms with Crippen LogP contribution in [0.3, 0.4) is 0 Å². The van der Waals surface area contributed by atoms with Crippen LogP contribution in [0.1, 0.15) is 49.9 Å². The lowest BCUT2D eigenvalue weighted by atomic mass is 9.81. The summed E-state index contributed by atoms with van der Waals surface area (Å²) in [7, 11) is 0. The summed E-state index contributed by atoms with van der Waals surface area (Å²) in [5.41, 5.74) is 18.2. The molecule has 1 heterocycles. The van der Waals surface area contributed by atoms with Crippen molar-refractivity contribution in [1.29, 1.82) is 0 Å². The van der Waals surface area contributed by atoms with Gasteiger partial charge in [-0.15, -0.1) is 0 Å². The fourth-order valence-corrected chi connectivity index (χ4v) is 9.07. The second-order valence-corrected chi connectivity index (χ2v) is 14.9. The first kappa shape index (κ1) is 29.1. The van der Waals surface area contributed by atoms with Gasteiger partial charge in [0.1, 0.15) is 11.2 Å². The summed E-state index contributed by atoms with van der Waals surface area (Å²) in [5, 5.41) is 2.27. The van der Waals surface area contributed by atoms with Crippen molar-refractivity contribution in [3.05, 3.63) is 174 Å². The van der Waals surface area contributed by atoms with Crippen molar-refractivity contribution in [3.63, 3.8) is 0 Å². The molecule has 0 bridgehead atoms. The molecule has 0 N–H and O–H groups in total. The summed E-state index contributed by atoms with van der Waals surface area (Å²) >= 11 is 0. The van der Waals surface area contributed by atoms with Crippen molar-refractivity contribution in [3.8, 4) is 33.4 Å². The molecule has 0 saturated heterocycles. The molecule has 1 aromatic heterocycles. The van der Waals surface area contributed by atoms with Crippen LogP contribution in [0.2, 0.25) is 0 Å². The molecule has 0 spiro atoms. The predicted molar refractivity (Wildman–Crippen MR) is 209 cm³/mol. The van der Waals surface area contributed by atoms with Crippen molar-refractivity contribution >= 4 is 39.0 Å². The third-order valence-corrected chi connectivity index (χ3v) is 11.5. The number of hydrogen-bond donors (Lipinski definition) is 0. The van der Waals surface area contributed by atoms with Crippen LogP contribution in [0.15, 0.2) is 156 Å². The first-order chi connectivity index (χ1) is 24.3. The molecule has 2 aliphatic carbocycles. The molecular weight excluding hydrogens is 607 g/mol. The van der Waals surface area contributed by atoms with E-state index in [1.54, 1.807) is 0 Å². The Bertz CT molecular complexity index is 2670. The lowest BCUT2D eigenvalue weighted by molar-refractivity contribution is 0.660. The van der Waals surface area contributed by atoms with E-state index in [-0.39, 0.29) is 10.8 Å². The molecular formula is C48H37NO. The highest BCUT2D eigenvalue weighted by molar-refractivity contribution is 6.07. The van der Waals surface area contributed by atoms with Gasteiger partial charge < -0.3 is 9.32 Å². The second-order valence-electron chi connectivity index (χ2n) is 14.9. The molecule has 2 nitrogen and oxygen atoms in total. The number of benzene rings is 7. The van der Waals surface area contributed by atoms with Crippen molar-refractivity contribution in [1.82, 2.24) is 0 Å². The number of fused-ring (bicyclic) bond motifs is 9. The summed E-state index contributed by atoms with van der Waals surface area (Å²) in [6.45, 7) is 9.46. The summed E-state index contributed by atoms with van der Waals surface area (Å²) in [6, 6.07) is 55.7. The Balaban J connectivity index is 1.25. The normalized spacial score (nSPS) is 14.7. The number of hydrogen-bond acceptors (Lipinski definition) is 2. The summed E-state index contributed by atoms with van der Waals surface area (Å²) < 4.78 is 6.24. The van der Waals surface area contributed by atoms with Crippen molar-refractivity contribution < 1.29 is 4.42 Å². The Labute approximate surface area is 293 Å². The summed E-state index contributed by atoms with van der Waals surface area (Å²) in [4.78, 5) is 2.52. The topological polar surface area (TPSA) is 16.4 Å². The standard InChI is InChI=1S/C48H37NO/c1-47(2)39-19-9-6-16-34(39)37-29-31(25-26-41(37)47)49(43-22-13-18-36-33-15-5-10-20-40(33)48(3,4)46(36)43)42-21-11-7-14-32(42)30-24-27-45-38(28-30)35-17-8-12-23-44(35)50-45/h5-29H,1-4H3. The lowest BCUT2D eigenvalue weighted by Crippen LogP contribution is -2.21. The Kier molecular flexibility index (Phi) is 6.01. The van der Waals surface area contributed by atoms with Gasteiger partial charge in [-0.3, -0.25) is 0 Å². The van der Waals surface area contributed by atoms with Gasteiger partial charge in [0.15, 0.2) is 0 Å². The molecule has 0 fully saturated rings. The van der Waals surface area contributed by atoms with Gasteiger partial charge >= 0.3 is 0 Å². The summed E-state index contributed by atoms with van der Waals surface area (Å²) in [5.74, 6) is 0. The van der Waals surface area contributed by atoms with E-state index in [9.17, 15) is 0 Å². The molecule has 50 heavy (non-hydrogen) atoms. The minimum Gasteiger partial charge on any atom is -0.456 e. The molecule has 2 heteroatoms. The van der Waals surface area contributed by atoms with Gasteiger partial charge in [0.2, 0.25) is 0 Å². The largest absolute Gasteiger partial charge is 0.456 e. The highest BCUT2D eigenvalue weighted by Crippen LogP contribution is 2.56. The highest BCUT2D eigenvalue weighted by Gasteiger charge is 2.40.